The molecule has 0 atom stereocenters. The minimum Gasteiger partial charge on any atom is -0.301 e. The number of aryl methyl sites for hydroxylation is 2. The van der Waals surface area contributed by atoms with Crippen LogP contribution in [-0.2, 0) is 14.8 Å². The zero-order chi connectivity index (χ0) is 20.0. The van der Waals surface area contributed by atoms with Gasteiger partial charge in [-0.3, -0.25) is 9.10 Å². The molecule has 0 aliphatic rings. The lowest BCUT2D eigenvalue weighted by molar-refractivity contribution is -0.116. The number of thioether (sulfide) groups is 1. The number of aromatic nitrogens is 2. The van der Waals surface area contributed by atoms with Crippen molar-refractivity contribution < 1.29 is 13.2 Å². The molecule has 10 heteroatoms. The van der Waals surface area contributed by atoms with Gasteiger partial charge in [-0.2, -0.15) is 0 Å². The summed E-state index contributed by atoms with van der Waals surface area (Å²) in [7, 11) is -3.44. The normalized spacial score (nSPS) is 11.4. The highest BCUT2D eigenvalue weighted by atomic mass is 32.2. The molecule has 2 rings (SSSR count). The summed E-state index contributed by atoms with van der Waals surface area (Å²) in [6.45, 7) is 6.06. The van der Waals surface area contributed by atoms with E-state index in [1.165, 1.54) is 21.9 Å². The van der Waals surface area contributed by atoms with Crippen LogP contribution in [0.25, 0.3) is 0 Å². The Hall–Kier alpha value is -1.65. The summed E-state index contributed by atoms with van der Waals surface area (Å²) in [5, 5.41) is 11.1. The second-order valence-corrected chi connectivity index (χ2v) is 10.5. The summed E-state index contributed by atoms with van der Waals surface area (Å²) >= 11 is 2.90. The topological polar surface area (TPSA) is 92.3 Å². The number of sulfonamides is 1. The zero-order valence-electron chi connectivity index (χ0n) is 15.9. The van der Waals surface area contributed by atoms with E-state index in [0.29, 0.717) is 17.2 Å². The number of benzene rings is 1. The summed E-state index contributed by atoms with van der Waals surface area (Å²) in [4.78, 5) is 12.1. The number of carbonyl (C=O) groups excluding carboxylic acids is 1. The van der Waals surface area contributed by atoms with E-state index in [1.54, 1.807) is 11.8 Å². The third kappa shape index (κ3) is 6.47. The quantitative estimate of drug-likeness (QED) is 0.486. The standard InChI is InChI=1S/C17H24N4O3S3/c1-5-25-17-20-19-16(26-17)18-15(22)7-6-10-21(27(4,23)24)14-11-12(2)8-9-13(14)3/h8-9,11H,5-7,10H2,1-4H3,(H,18,19,22). The van der Waals surface area contributed by atoms with Crippen LogP contribution < -0.4 is 9.62 Å². The highest BCUT2D eigenvalue weighted by Gasteiger charge is 2.19. The number of nitrogens with zero attached hydrogens (tertiary/aromatic N) is 3. The maximum Gasteiger partial charge on any atom is 0.232 e. The monoisotopic (exact) mass is 428 g/mol. The lowest BCUT2D eigenvalue weighted by Crippen LogP contribution is -2.32. The molecule has 0 radical (unpaired) electrons. The van der Waals surface area contributed by atoms with E-state index in [1.807, 2.05) is 39.0 Å². The van der Waals surface area contributed by atoms with Gasteiger partial charge in [-0.15, -0.1) is 10.2 Å². The maximum atomic E-state index is 12.2. The summed E-state index contributed by atoms with van der Waals surface area (Å²) < 4.78 is 26.6. The van der Waals surface area contributed by atoms with Gasteiger partial charge in [0, 0.05) is 13.0 Å². The summed E-state index contributed by atoms with van der Waals surface area (Å²) in [6.07, 6.45) is 1.79. The van der Waals surface area contributed by atoms with Crippen molar-refractivity contribution in [1.29, 1.82) is 0 Å². The number of hydrogen-bond acceptors (Lipinski definition) is 7. The Morgan fingerprint density at radius 3 is 2.70 bits per heavy atom. The van der Waals surface area contributed by atoms with Gasteiger partial charge in [-0.05, 0) is 43.2 Å². The molecule has 0 spiro atoms. The first-order valence-corrected chi connectivity index (χ1v) is 12.2. The van der Waals surface area contributed by atoms with Crippen molar-refractivity contribution in [2.24, 2.45) is 0 Å². The van der Waals surface area contributed by atoms with Crippen molar-refractivity contribution in [2.45, 2.75) is 38.0 Å². The predicted molar refractivity (Wildman–Crippen MR) is 112 cm³/mol. The van der Waals surface area contributed by atoms with E-state index in [0.717, 1.165) is 21.2 Å². The van der Waals surface area contributed by atoms with Crippen molar-refractivity contribution in [3.63, 3.8) is 0 Å². The van der Waals surface area contributed by atoms with Crippen molar-refractivity contribution >= 4 is 49.8 Å². The molecule has 0 aliphatic carbocycles. The molecule has 148 valence electrons. The van der Waals surface area contributed by atoms with E-state index >= 15 is 0 Å². The number of hydrogen-bond donors (Lipinski definition) is 1. The van der Waals surface area contributed by atoms with Crippen LogP contribution in [0, 0.1) is 13.8 Å². The van der Waals surface area contributed by atoms with Crippen LogP contribution >= 0.6 is 23.1 Å². The lowest BCUT2D eigenvalue weighted by Gasteiger charge is -2.24. The number of anilines is 2. The molecule has 7 nitrogen and oxygen atoms in total. The average Bonchev–Trinajstić information content (AvgIpc) is 3.00. The fraction of sp³-hybridized carbons (Fsp3) is 0.471. The van der Waals surface area contributed by atoms with E-state index in [2.05, 4.69) is 15.5 Å². The first-order chi connectivity index (χ1) is 12.7. The fourth-order valence-electron chi connectivity index (χ4n) is 2.46. The van der Waals surface area contributed by atoms with Crippen LogP contribution in [0.4, 0.5) is 10.8 Å². The Morgan fingerprint density at radius 2 is 2.04 bits per heavy atom. The van der Waals surface area contributed by atoms with E-state index in [4.69, 9.17) is 0 Å². The summed E-state index contributed by atoms with van der Waals surface area (Å²) in [5.41, 5.74) is 2.52. The SMILES string of the molecule is CCSc1nnc(NC(=O)CCCN(c2cc(C)ccc2C)S(C)(=O)=O)s1. The molecule has 1 aromatic carbocycles. The highest BCUT2D eigenvalue weighted by Crippen LogP contribution is 2.26. The Morgan fingerprint density at radius 1 is 1.30 bits per heavy atom. The Balaban J connectivity index is 1.97. The molecule has 27 heavy (non-hydrogen) atoms. The second kappa shape index (κ2) is 9.52. The molecule has 0 fully saturated rings. The average molecular weight is 429 g/mol. The van der Waals surface area contributed by atoms with Crippen molar-refractivity contribution in [1.82, 2.24) is 10.2 Å². The van der Waals surface area contributed by atoms with Crippen LogP contribution in [0.3, 0.4) is 0 Å². The first kappa shape index (κ1) is 21.6. The van der Waals surface area contributed by atoms with Gasteiger partial charge in [-0.1, -0.05) is 42.2 Å². The van der Waals surface area contributed by atoms with E-state index < -0.39 is 10.0 Å². The van der Waals surface area contributed by atoms with Crippen molar-refractivity contribution in [3.05, 3.63) is 29.3 Å². The zero-order valence-corrected chi connectivity index (χ0v) is 18.3. The molecule has 1 amide bonds. The fourth-order valence-corrected chi connectivity index (χ4v) is 5.14. The summed E-state index contributed by atoms with van der Waals surface area (Å²) in [6, 6.07) is 5.70. The van der Waals surface area contributed by atoms with Gasteiger partial charge >= 0.3 is 0 Å². The number of rotatable bonds is 9. The molecule has 1 aromatic heterocycles. The van der Waals surface area contributed by atoms with Gasteiger partial charge in [-0.25, -0.2) is 8.42 Å². The van der Waals surface area contributed by atoms with Crippen LogP contribution in [0.15, 0.2) is 22.5 Å². The van der Waals surface area contributed by atoms with Crippen LogP contribution in [0.5, 0.6) is 0 Å². The smallest absolute Gasteiger partial charge is 0.232 e. The molecular weight excluding hydrogens is 404 g/mol. The lowest BCUT2D eigenvalue weighted by atomic mass is 10.1. The van der Waals surface area contributed by atoms with Gasteiger partial charge in [0.25, 0.3) is 0 Å². The van der Waals surface area contributed by atoms with Crippen LogP contribution in [0.1, 0.15) is 30.9 Å². The van der Waals surface area contributed by atoms with Gasteiger partial charge in [0.1, 0.15) is 0 Å². The highest BCUT2D eigenvalue weighted by molar-refractivity contribution is 8.01. The third-order valence-corrected chi connectivity index (χ3v) is 6.75. The molecule has 0 saturated carbocycles. The molecule has 0 saturated heterocycles. The summed E-state index contributed by atoms with van der Waals surface area (Å²) in [5.74, 6) is 0.691. The molecule has 1 heterocycles. The van der Waals surface area contributed by atoms with Crippen LogP contribution in [0.2, 0.25) is 0 Å². The third-order valence-electron chi connectivity index (χ3n) is 3.72. The minimum atomic E-state index is -3.44. The predicted octanol–water partition coefficient (Wildman–Crippen LogP) is 3.45. The first-order valence-electron chi connectivity index (χ1n) is 8.52. The maximum absolute atomic E-state index is 12.2. The van der Waals surface area contributed by atoms with Gasteiger partial charge in [0.2, 0.25) is 21.1 Å². The molecule has 2 aromatic rings. The molecule has 1 N–H and O–H groups in total. The molecular formula is C17H24N4O3S3. The largest absolute Gasteiger partial charge is 0.301 e. The van der Waals surface area contributed by atoms with E-state index in [9.17, 15) is 13.2 Å². The van der Waals surface area contributed by atoms with Gasteiger partial charge < -0.3 is 5.32 Å². The van der Waals surface area contributed by atoms with Gasteiger partial charge in [0.15, 0.2) is 4.34 Å². The molecule has 0 aliphatic heterocycles. The number of carbonyl (C=O) groups is 1. The van der Waals surface area contributed by atoms with Gasteiger partial charge in [0.05, 0.1) is 11.9 Å². The molecule has 0 bridgehead atoms. The van der Waals surface area contributed by atoms with E-state index in [-0.39, 0.29) is 18.9 Å². The second-order valence-electron chi connectivity index (χ2n) is 6.08. The van der Waals surface area contributed by atoms with Crippen molar-refractivity contribution in [3.8, 4) is 0 Å². The molecule has 0 unspecified atom stereocenters. The number of nitrogens with one attached hydrogen (secondary N) is 1. The van der Waals surface area contributed by atoms with Crippen molar-refractivity contribution in [2.75, 3.05) is 28.2 Å². The Labute approximate surface area is 168 Å². The minimum absolute atomic E-state index is 0.200. The number of amides is 1. The Bertz CT molecular complexity index is 897. The Kier molecular flexibility index (Phi) is 7.63. The van der Waals surface area contributed by atoms with Crippen LogP contribution in [-0.4, -0.2) is 43.1 Å².